The summed E-state index contributed by atoms with van der Waals surface area (Å²) in [5.41, 5.74) is 2.13. The number of hydrogen-bond acceptors (Lipinski definition) is 5. The summed E-state index contributed by atoms with van der Waals surface area (Å²) in [6.45, 7) is 1.53. The highest BCUT2D eigenvalue weighted by molar-refractivity contribution is 5.99. The number of ketones is 1. The third-order valence-corrected chi connectivity index (χ3v) is 7.57. The Hall–Kier alpha value is -4.14. The van der Waals surface area contributed by atoms with Crippen LogP contribution in [0.2, 0.25) is 0 Å². The Morgan fingerprint density at radius 3 is 1.87 bits per heavy atom. The number of carbonyl (C=O) groups is 4. The van der Waals surface area contributed by atoms with Gasteiger partial charge in [-0.15, -0.1) is 0 Å². The van der Waals surface area contributed by atoms with Crippen molar-refractivity contribution < 1.29 is 28.8 Å². The first-order chi connectivity index (χ1) is 18.8. The molecule has 0 saturated carbocycles. The van der Waals surface area contributed by atoms with Gasteiger partial charge in [0, 0.05) is 24.3 Å². The quantitative estimate of drug-likeness (QED) is 0.343. The minimum Gasteiger partial charge on any atom is -0.435 e. The van der Waals surface area contributed by atoms with Gasteiger partial charge in [-0.2, -0.15) is 9.28 Å². The van der Waals surface area contributed by atoms with Crippen LogP contribution in [-0.4, -0.2) is 65.0 Å². The number of hydrogen-bond donors (Lipinski definition) is 3. The highest BCUT2D eigenvalue weighted by atomic mass is 16.4. The fraction of sp³-hybridized carbons (Fsp3) is 0.290. The molecular formula is C31H34N3O5+. The number of likely N-dealkylation sites (tertiary alicyclic amines) is 1. The Morgan fingerprint density at radius 2 is 1.38 bits per heavy atom. The predicted octanol–water partition coefficient (Wildman–Crippen LogP) is 3.98. The van der Waals surface area contributed by atoms with Crippen LogP contribution < -0.4 is 10.6 Å². The zero-order chi connectivity index (χ0) is 27.8. The highest BCUT2D eigenvalue weighted by Gasteiger charge is 2.52. The second kappa shape index (κ2) is 12.6. The Bertz CT molecular complexity index is 1260. The SMILES string of the molecule is CC1CCC[N@@+]1(C(=O)O)C(=O)CNCC(=O)C(NC(=O)c1ccccc1)C(c1ccccc1)c1ccccc1. The van der Waals surface area contributed by atoms with Gasteiger partial charge in [0.15, 0.2) is 5.78 Å². The van der Waals surface area contributed by atoms with Crippen LogP contribution in [-0.2, 0) is 9.59 Å². The first-order valence-electron chi connectivity index (χ1n) is 13.2. The minimum atomic E-state index is -1.17. The van der Waals surface area contributed by atoms with Gasteiger partial charge in [0.25, 0.3) is 5.91 Å². The van der Waals surface area contributed by atoms with Gasteiger partial charge >= 0.3 is 12.0 Å². The van der Waals surface area contributed by atoms with Crippen LogP contribution in [0.1, 0.15) is 47.2 Å². The molecule has 8 nitrogen and oxygen atoms in total. The van der Waals surface area contributed by atoms with E-state index in [1.807, 2.05) is 66.7 Å². The van der Waals surface area contributed by atoms with E-state index >= 15 is 0 Å². The Kier molecular flexibility index (Phi) is 9.01. The van der Waals surface area contributed by atoms with E-state index in [-0.39, 0.29) is 37.4 Å². The molecule has 0 bridgehead atoms. The molecule has 3 N–H and O–H groups in total. The molecule has 202 valence electrons. The topological polar surface area (TPSA) is 113 Å². The Balaban J connectivity index is 1.59. The summed E-state index contributed by atoms with van der Waals surface area (Å²) in [6.07, 6.45) is 0.140. The number of rotatable bonds is 10. The van der Waals surface area contributed by atoms with Crippen LogP contribution in [0.25, 0.3) is 0 Å². The molecule has 2 unspecified atom stereocenters. The average Bonchev–Trinajstić information content (AvgIpc) is 3.36. The summed E-state index contributed by atoms with van der Waals surface area (Å²) in [4.78, 5) is 52.1. The monoisotopic (exact) mass is 528 g/mol. The van der Waals surface area contributed by atoms with E-state index in [2.05, 4.69) is 10.6 Å². The van der Waals surface area contributed by atoms with Crippen LogP contribution in [0.15, 0.2) is 91.0 Å². The molecule has 3 atom stereocenters. The second-order valence-corrected chi connectivity index (χ2v) is 9.95. The van der Waals surface area contributed by atoms with Crippen LogP contribution >= 0.6 is 0 Å². The van der Waals surface area contributed by atoms with Gasteiger partial charge in [-0.3, -0.25) is 14.9 Å². The lowest BCUT2D eigenvalue weighted by Gasteiger charge is -2.30. The zero-order valence-corrected chi connectivity index (χ0v) is 22.0. The van der Waals surface area contributed by atoms with Crippen LogP contribution in [0.5, 0.6) is 0 Å². The maximum Gasteiger partial charge on any atom is 0.521 e. The van der Waals surface area contributed by atoms with Crippen molar-refractivity contribution in [3.05, 3.63) is 108 Å². The van der Waals surface area contributed by atoms with Gasteiger partial charge in [0.1, 0.15) is 18.6 Å². The molecule has 1 aliphatic heterocycles. The molecule has 0 aliphatic carbocycles. The number of amides is 3. The summed E-state index contributed by atoms with van der Waals surface area (Å²) >= 11 is 0. The maximum atomic E-state index is 13.8. The molecule has 0 radical (unpaired) electrons. The number of quaternary nitrogens is 1. The summed E-state index contributed by atoms with van der Waals surface area (Å²) in [6, 6.07) is 26.4. The molecule has 3 aromatic carbocycles. The summed E-state index contributed by atoms with van der Waals surface area (Å²) in [5, 5.41) is 15.7. The number of carboxylic acid groups (broad SMARTS) is 1. The normalized spacial score (nSPS) is 19.4. The number of imide groups is 1. The summed E-state index contributed by atoms with van der Waals surface area (Å²) in [7, 11) is 0. The van der Waals surface area contributed by atoms with Gasteiger partial charge in [-0.1, -0.05) is 78.9 Å². The number of nitrogens with one attached hydrogen (secondary N) is 2. The maximum absolute atomic E-state index is 13.8. The lowest BCUT2D eigenvalue weighted by atomic mass is 9.83. The molecule has 8 heteroatoms. The van der Waals surface area contributed by atoms with Crippen LogP contribution in [0, 0.1) is 0 Å². The zero-order valence-electron chi connectivity index (χ0n) is 22.0. The third kappa shape index (κ3) is 6.13. The number of benzene rings is 3. The van der Waals surface area contributed by atoms with Crippen molar-refractivity contribution in [2.24, 2.45) is 0 Å². The van der Waals surface area contributed by atoms with Crippen molar-refractivity contribution in [2.75, 3.05) is 19.6 Å². The molecule has 1 saturated heterocycles. The molecule has 3 amide bonds. The van der Waals surface area contributed by atoms with Crippen molar-refractivity contribution in [1.82, 2.24) is 10.6 Å². The van der Waals surface area contributed by atoms with Gasteiger partial charge < -0.3 is 10.4 Å². The van der Waals surface area contributed by atoms with E-state index in [1.165, 1.54) is 0 Å². The van der Waals surface area contributed by atoms with E-state index in [0.29, 0.717) is 18.4 Å². The standard InChI is InChI=1S/C31H33N3O5/c1-22-12-11-19-34(22,31(38)39)27(36)21-32-20-26(35)29(33-30(37)25-17-9-4-10-18-25)28(23-13-5-2-6-14-23)24-15-7-3-8-16-24/h2-10,13-18,22,28-29,32H,11-12,19-21H2,1H3,(H-,33,37,38,39)/p+1/t22?,29?,34-/m0/s1. The smallest absolute Gasteiger partial charge is 0.435 e. The van der Waals surface area contributed by atoms with Crippen molar-refractivity contribution in [3.63, 3.8) is 0 Å². The number of Topliss-reactive ketones (excluding diaryl/α,β-unsaturated/α-hetero) is 1. The largest absolute Gasteiger partial charge is 0.521 e. The van der Waals surface area contributed by atoms with Crippen LogP contribution in [0.3, 0.4) is 0 Å². The average molecular weight is 529 g/mol. The fourth-order valence-electron chi connectivity index (χ4n) is 5.44. The third-order valence-electron chi connectivity index (χ3n) is 7.57. The lowest BCUT2D eigenvalue weighted by molar-refractivity contribution is -0.791. The van der Waals surface area contributed by atoms with Crippen LogP contribution in [0.4, 0.5) is 4.79 Å². The van der Waals surface area contributed by atoms with Crippen molar-refractivity contribution in [1.29, 1.82) is 0 Å². The number of nitrogens with zero attached hydrogens (tertiary/aromatic N) is 1. The fourth-order valence-corrected chi connectivity index (χ4v) is 5.44. The Morgan fingerprint density at radius 1 is 0.846 bits per heavy atom. The Labute approximate surface area is 228 Å². The molecule has 3 aromatic rings. The molecule has 0 spiro atoms. The molecular weight excluding hydrogens is 494 g/mol. The second-order valence-electron chi connectivity index (χ2n) is 9.95. The predicted molar refractivity (Wildman–Crippen MR) is 147 cm³/mol. The van der Waals surface area contributed by atoms with Gasteiger partial charge in [0.05, 0.1) is 13.1 Å². The van der Waals surface area contributed by atoms with E-state index in [4.69, 9.17) is 0 Å². The van der Waals surface area contributed by atoms with E-state index in [1.54, 1.807) is 31.2 Å². The van der Waals surface area contributed by atoms with E-state index in [0.717, 1.165) is 11.1 Å². The molecule has 4 rings (SSSR count). The molecule has 0 aromatic heterocycles. The van der Waals surface area contributed by atoms with E-state index < -0.39 is 28.4 Å². The number of carbonyl (C=O) groups excluding carboxylic acids is 3. The summed E-state index contributed by atoms with van der Waals surface area (Å²) < 4.78 is -0.633. The van der Waals surface area contributed by atoms with Gasteiger partial charge in [-0.05, 0) is 30.2 Å². The highest BCUT2D eigenvalue weighted by Crippen LogP contribution is 2.30. The lowest BCUT2D eigenvalue weighted by Crippen LogP contribution is -2.61. The van der Waals surface area contributed by atoms with Crippen molar-refractivity contribution in [2.45, 2.75) is 37.8 Å². The first kappa shape index (κ1) is 27.9. The van der Waals surface area contributed by atoms with Gasteiger partial charge in [-0.25, -0.2) is 4.79 Å². The molecule has 1 fully saturated rings. The van der Waals surface area contributed by atoms with Crippen molar-refractivity contribution in [3.8, 4) is 0 Å². The van der Waals surface area contributed by atoms with E-state index in [9.17, 15) is 24.3 Å². The minimum absolute atomic E-state index is 0.213. The molecule has 39 heavy (non-hydrogen) atoms. The molecule has 1 aliphatic rings. The van der Waals surface area contributed by atoms with Gasteiger partial charge in [0.2, 0.25) is 0 Å². The molecule has 1 heterocycles. The first-order valence-corrected chi connectivity index (χ1v) is 13.2. The van der Waals surface area contributed by atoms with Crippen molar-refractivity contribution >= 4 is 23.7 Å². The summed E-state index contributed by atoms with van der Waals surface area (Å²) in [5.74, 6) is -1.67.